The molecule has 21 heavy (non-hydrogen) atoms. The van der Waals surface area contributed by atoms with Crippen molar-refractivity contribution in [3.05, 3.63) is 0 Å². The van der Waals surface area contributed by atoms with Gasteiger partial charge >= 0.3 is 11.9 Å². The summed E-state index contributed by atoms with van der Waals surface area (Å²) >= 11 is 0. The van der Waals surface area contributed by atoms with Crippen LogP contribution in [0.2, 0.25) is 0 Å². The highest BCUT2D eigenvalue weighted by molar-refractivity contribution is 5.94. The highest BCUT2D eigenvalue weighted by Crippen LogP contribution is 2.27. The Morgan fingerprint density at radius 2 is 1.10 bits per heavy atom. The van der Waals surface area contributed by atoms with Crippen molar-refractivity contribution in [3.8, 4) is 0 Å². The molecule has 0 saturated carbocycles. The Morgan fingerprint density at radius 3 is 1.33 bits per heavy atom. The number of carbonyl (C=O) groups is 4. The summed E-state index contributed by atoms with van der Waals surface area (Å²) in [5.41, 5.74) is -0.487. The van der Waals surface area contributed by atoms with Crippen LogP contribution in [-0.4, -0.2) is 36.7 Å². The second-order valence-corrected chi connectivity index (χ2v) is 5.29. The van der Waals surface area contributed by atoms with E-state index in [0.29, 0.717) is 12.8 Å². The van der Waals surface area contributed by atoms with E-state index in [4.69, 9.17) is 9.47 Å². The molecular weight excluding hydrogens is 276 g/mol. The summed E-state index contributed by atoms with van der Waals surface area (Å²) in [5.74, 6) is -1.68. The molecule has 0 amide bonds. The van der Waals surface area contributed by atoms with Crippen LogP contribution >= 0.6 is 0 Å². The molecule has 0 bridgehead atoms. The van der Waals surface area contributed by atoms with E-state index < -0.39 is 17.4 Å². The summed E-state index contributed by atoms with van der Waals surface area (Å²) in [6, 6.07) is 0. The molecule has 0 unspecified atom stereocenters. The van der Waals surface area contributed by atoms with Gasteiger partial charge in [-0.2, -0.15) is 0 Å². The van der Waals surface area contributed by atoms with E-state index in [9.17, 15) is 19.2 Å². The maximum absolute atomic E-state index is 11.4. The topological polar surface area (TPSA) is 86.7 Å². The third-order valence-electron chi connectivity index (χ3n) is 3.37. The van der Waals surface area contributed by atoms with Gasteiger partial charge < -0.3 is 9.47 Å². The Labute approximate surface area is 125 Å². The summed E-state index contributed by atoms with van der Waals surface area (Å²) in [6.07, 6.45) is 0.773. The molecule has 0 aliphatic rings. The standard InChI is InChI=1S/C15H24O6/c1-5-15(6-2,9-20-13(18)7-11(3)16)10-21-14(19)8-12(4)17/h5-10H2,1-4H3. The predicted molar refractivity (Wildman–Crippen MR) is 75.5 cm³/mol. The summed E-state index contributed by atoms with van der Waals surface area (Å²) in [4.78, 5) is 44.5. The third-order valence-corrected chi connectivity index (χ3v) is 3.37. The van der Waals surface area contributed by atoms with Crippen molar-refractivity contribution in [1.82, 2.24) is 0 Å². The smallest absolute Gasteiger partial charge is 0.313 e. The summed E-state index contributed by atoms with van der Waals surface area (Å²) < 4.78 is 10.2. The van der Waals surface area contributed by atoms with Crippen LogP contribution in [0.1, 0.15) is 53.4 Å². The van der Waals surface area contributed by atoms with Crippen LogP contribution in [0.4, 0.5) is 0 Å². The first-order chi connectivity index (χ1) is 9.74. The fourth-order valence-electron chi connectivity index (χ4n) is 1.68. The number of ether oxygens (including phenoxy) is 2. The van der Waals surface area contributed by atoms with Crippen LogP contribution in [0.3, 0.4) is 0 Å². The number of esters is 2. The first kappa shape index (κ1) is 19.3. The Balaban J connectivity index is 4.48. The highest BCUT2D eigenvalue weighted by Gasteiger charge is 2.30. The number of carbonyl (C=O) groups excluding carboxylic acids is 4. The molecule has 0 fully saturated rings. The van der Waals surface area contributed by atoms with Gasteiger partial charge in [-0.3, -0.25) is 19.2 Å². The normalized spacial score (nSPS) is 10.9. The molecule has 0 spiro atoms. The lowest BCUT2D eigenvalue weighted by Gasteiger charge is -2.30. The monoisotopic (exact) mass is 300 g/mol. The Hall–Kier alpha value is -1.72. The van der Waals surface area contributed by atoms with Crippen molar-refractivity contribution in [2.24, 2.45) is 5.41 Å². The van der Waals surface area contributed by atoms with E-state index in [1.165, 1.54) is 13.8 Å². The molecule has 0 aromatic heterocycles. The lowest BCUT2D eigenvalue weighted by atomic mass is 9.84. The SMILES string of the molecule is CCC(CC)(COC(=O)CC(C)=O)COC(=O)CC(C)=O. The van der Waals surface area contributed by atoms with E-state index >= 15 is 0 Å². The fourth-order valence-corrected chi connectivity index (χ4v) is 1.68. The van der Waals surface area contributed by atoms with Gasteiger partial charge in [-0.1, -0.05) is 13.8 Å². The van der Waals surface area contributed by atoms with E-state index in [1.54, 1.807) is 0 Å². The van der Waals surface area contributed by atoms with Gasteiger partial charge in [-0.25, -0.2) is 0 Å². The molecule has 0 saturated heterocycles. The first-order valence-electron chi connectivity index (χ1n) is 7.04. The van der Waals surface area contributed by atoms with E-state index in [-0.39, 0.29) is 37.6 Å². The largest absolute Gasteiger partial charge is 0.465 e. The zero-order valence-corrected chi connectivity index (χ0v) is 13.2. The average molecular weight is 300 g/mol. The quantitative estimate of drug-likeness (QED) is 0.452. The highest BCUT2D eigenvalue weighted by atomic mass is 16.5. The van der Waals surface area contributed by atoms with Gasteiger partial charge in [0.15, 0.2) is 0 Å². The van der Waals surface area contributed by atoms with E-state index in [1.807, 2.05) is 13.8 Å². The van der Waals surface area contributed by atoms with Gasteiger partial charge in [0.2, 0.25) is 0 Å². The number of hydrogen-bond donors (Lipinski definition) is 0. The molecule has 6 heteroatoms. The minimum absolute atomic E-state index is 0.0828. The van der Waals surface area contributed by atoms with E-state index in [0.717, 1.165) is 0 Å². The molecule has 0 aliphatic carbocycles. The van der Waals surface area contributed by atoms with E-state index in [2.05, 4.69) is 0 Å². The second kappa shape index (κ2) is 9.26. The zero-order chi connectivity index (χ0) is 16.5. The van der Waals surface area contributed by atoms with Crippen LogP contribution in [0, 0.1) is 5.41 Å². The molecule has 0 aromatic rings. The van der Waals surface area contributed by atoms with Crippen LogP contribution < -0.4 is 0 Å². The van der Waals surface area contributed by atoms with Crippen molar-refractivity contribution in [2.45, 2.75) is 53.4 Å². The minimum atomic E-state index is -0.580. The summed E-state index contributed by atoms with van der Waals surface area (Å²) in [5, 5.41) is 0. The van der Waals surface area contributed by atoms with Gasteiger partial charge in [0.05, 0.1) is 0 Å². The maximum Gasteiger partial charge on any atom is 0.313 e. The molecule has 0 atom stereocenters. The lowest BCUT2D eigenvalue weighted by Crippen LogP contribution is -2.33. The predicted octanol–water partition coefficient (Wildman–Crippen LogP) is 1.84. The maximum atomic E-state index is 11.4. The third kappa shape index (κ3) is 8.22. The van der Waals surface area contributed by atoms with Crippen molar-refractivity contribution < 1.29 is 28.7 Å². The Morgan fingerprint density at radius 1 is 0.762 bits per heavy atom. The van der Waals surface area contributed by atoms with Crippen molar-refractivity contribution in [2.75, 3.05) is 13.2 Å². The molecule has 120 valence electrons. The average Bonchev–Trinajstić information content (AvgIpc) is 2.38. The number of rotatable bonds is 10. The molecule has 6 nitrogen and oxygen atoms in total. The molecular formula is C15H24O6. The number of Topliss-reactive ketones (excluding diaryl/α,β-unsaturated/α-hetero) is 2. The fraction of sp³-hybridized carbons (Fsp3) is 0.733. The lowest BCUT2D eigenvalue weighted by molar-refractivity contribution is -0.155. The number of hydrogen-bond acceptors (Lipinski definition) is 6. The Kier molecular flexibility index (Phi) is 8.50. The van der Waals surface area contributed by atoms with Crippen molar-refractivity contribution in [1.29, 1.82) is 0 Å². The molecule has 0 N–H and O–H groups in total. The molecule has 0 heterocycles. The van der Waals surface area contributed by atoms with Crippen molar-refractivity contribution in [3.63, 3.8) is 0 Å². The summed E-state index contributed by atoms with van der Waals surface area (Å²) in [6.45, 7) is 6.61. The first-order valence-corrected chi connectivity index (χ1v) is 7.04. The van der Waals surface area contributed by atoms with Crippen molar-refractivity contribution >= 4 is 23.5 Å². The van der Waals surface area contributed by atoms with Crippen LogP contribution in [0.15, 0.2) is 0 Å². The van der Waals surface area contributed by atoms with Crippen LogP contribution in [-0.2, 0) is 28.7 Å². The minimum Gasteiger partial charge on any atom is -0.465 e. The van der Waals surface area contributed by atoms with Gasteiger partial charge in [0.25, 0.3) is 0 Å². The summed E-state index contributed by atoms with van der Waals surface area (Å²) in [7, 11) is 0. The second-order valence-electron chi connectivity index (χ2n) is 5.29. The van der Waals surface area contributed by atoms with Gasteiger partial charge in [-0.15, -0.1) is 0 Å². The molecule has 0 rings (SSSR count). The van der Waals surface area contributed by atoms with Crippen LogP contribution in [0.25, 0.3) is 0 Å². The molecule has 0 aliphatic heterocycles. The Bertz CT molecular complexity index is 361. The zero-order valence-electron chi connectivity index (χ0n) is 13.2. The number of ketones is 2. The molecule has 0 aromatic carbocycles. The van der Waals surface area contributed by atoms with Gasteiger partial charge in [0, 0.05) is 5.41 Å². The van der Waals surface area contributed by atoms with Gasteiger partial charge in [-0.05, 0) is 26.7 Å². The van der Waals surface area contributed by atoms with Gasteiger partial charge in [0.1, 0.15) is 37.6 Å². The molecule has 0 radical (unpaired) electrons. The van der Waals surface area contributed by atoms with Crippen LogP contribution in [0.5, 0.6) is 0 Å².